The minimum absolute atomic E-state index is 0.130. The van der Waals surface area contributed by atoms with Crippen molar-refractivity contribution in [1.82, 2.24) is 0 Å². The average molecular weight is 293 g/mol. The molecule has 0 radical (unpaired) electrons. The topological polar surface area (TPSA) is 102 Å². The highest BCUT2D eigenvalue weighted by molar-refractivity contribution is 5.70. The van der Waals surface area contributed by atoms with E-state index in [1.54, 1.807) is 0 Å². The first-order valence-corrected chi connectivity index (χ1v) is 7.23. The highest BCUT2D eigenvalue weighted by Crippen LogP contribution is 2.49. The third-order valence-corrected chi connectivity index (χ3v) is 4.02. The Labute approximate surface area is 122 Å². The van der Waals surface area contributed by atoms with Crippen molar-refractivity contribution in [2.75, 3.05) is 13.2 Å². The van der Waals surface area contributed by atoms with Crippen LogP contribution in [0.1, 0.15) is 42.0 Å². The molecule has 1 atom stereocenters. The zero-order valence-corrected chi connectivity index (χ0v) is 11.7. The summed E-state index contributed by atoms with van der Waals surface area (Å²) >= 11 is 0. The molecular weight excluding hydrogens is 274 g/mol. The zero-order chi connectivity index (χ0) is 15.0. The number of fused-ring (bicyclic) bond motifs is 2. The molecule has 1 aromatic carbocycles. The number of carbonyl (C=O) groups is 1. The van der Waals surface area contributed by atoms with Gasteiger partial charge in [0.2, 0.25) is 0 Å². The Hall–Kier alpha value is -1.95. The fourth-order valence-electron chi connectivity index (χ4n) is 3.14. The number of phenols is 1. The van der Waals surface area contributed by atoms with Crippen molar-refractivity contribution >= 4 is 5.97 Å². The van der Waals surface area contributed by atoms with Gasteiger partial charge in [0.1, 0.15) is 5.75 Å². The number of benzene rings is 1. The van der Waals surface area contributed by atoms with Gasteiger partial charge < -0.3 is 25.4 Å². The SMILES string of the molecule is NC(CC(=O)O)c1c2c(c(O)c3c1OCCC3)OCCC2. The maximum Gasteiger partial charge on any atom is 0.305 e. The van der Waals surface area contributed by atoms with Crippen molar-refractivity contribution < 1.29 is 24.5 Å². The summed E-state index contributed by atoms with van der Waals surface area (Å²) in [6.45, 7) is 1.10. The van der Waals surface area contributed by atoms with E-state index in [4.69, 9.17) is 20.3 Å². The van der Waals surface area contributed by atoms with Gasteiger partial charge in [-0.3, -0.25) is 4.79 Å². The summed E-state index contributed by atoms with van der Waals surface area (Å²) in [5.74, 6) is 0.203. The van der Waals surface area contributed by atoms with Crippen molar-refractivity contribution in [3.05, 3.63) is 16.7 Å². The molecule has 2 heterocycles. The smallest absolute Gasteiger partial charge is 0.305 e. The van der Waals surface area contributed by atoms with Crippen LogP contribution in [0.15, 0.2) is 0 Å². The molecule has 1 aromatic rings. The van der Waals surface area contributed by atoms with E-state index < -0.39 is 12.0 Å². The van der Waals surface area contributed by atoms with Crippen molar-refractivity contribution in [2.24, 2.45) is 5.73 Å². The van der Waals surface area contributed by atoms with Crippen LogP contribution in [0.3, 0.4) is 0 Å². The highest BCUT2D eigenvalue weighted by Gasteiger charge is 2.32. The quantitative estimate of drug-likeness (QED) is 0.781. The average Bonchev–Trinajstić information content (AvgIpc) is 2.47. The second kappa shape index (κ2) is 5.44. The number of aromatic hydroxyl groups is 1. The molecule has 21 heavy (non-hydrogen) atoms. The van der Waals surface area contributed by atoms with E-state index in [0.29, 0.717) is 48.7 Å². The van der Waals surface area contributed by atoms with Crippen molar-refractivity contribution in [3.63, 3.8) is 0 Å². The van der Waals surface area contributed by atoms with Gasteiger partial charge in [-0.2, -0.15) is 0 Å². The summed E-state index contributed by atoms with van der Waals surface area (Å²) in [5.41, 5.74) is 8.28. The van der Waals surface area contributed by atoms with Crippen LogP contribution in [0.2, 0.25) is 0 Å². The molecule has 114 valence electrons. The second-order valence-electron chi connectivity index (χ2n) is 5.49. The number of hydrogen-bond acceptors (Lipinski definition) is 5. The number of nitrogens with two attached hydrogens (primary N) is 1. The molecule has 6 nitrogen and oxygen atoms in total. The molecular formula is C15H19NO5. The minimum atomic E-state index is -0.953. The van der Waals surface area contributed by atoms with Crippen LogP contribution in [0.4, 0.5) is 0 Å². The Morgan fingerprint density at radius 2 is 1.76 bits per heavy atom. The van der Waals surface area contributed by atoms with E-state index in [-0.39, 0.29) is 12.2 Å². The lowest BCUT2D eigenvalue weighted by Gasteiger charge is -2.30. The lowest BCUT2D eigenvalue weighted by molar-refractivity contribution is -0.137. The van der Waals surface area contributed by atoms with E-state index in [1.165, 1.54) is 0 Å². The van der Waals surface area contributed by atoms with Gasteiger partial charge in [0.25, 0.3) is 0 Å². The Morgan fingerprint density at radius 3 is 2.43 bits per heavy atom. The molecule has 0 bridgehead atoms. The molecule has 0 saturated carbocycles. The summed E-state index contributed by atoms with van der Waals surface area (Å²) in [7, 11) is 0. The van der Waals surface area contributed by atoms with Gasteiger partial charge >= 0.3 is 5.97 Å². The highest BCUT2D eigenvalue weighted by atomic mass is 16.5. The maximum atomic E-state index is 11.0. The number of aliphatic carboxylic acids is 1. The lowest BCUT2D eigenvalue weighted by atomic mass is 9.88. The van der Waals surface area contributed by atoms with Crippen LogP contribution < -0.4 is 15.2 Å². The molecule has 4 N–H and O–H groups in total. The summed E-state index contributed by atoms with van der Waals surface area (Å²) in [6.07, 6.45) is 2.85. The summed E-state index contributed by atoms with van der Waals surface area (Å²) in [5, 5.41) is 19.4. The van der Waals surface area contributed by atoms with Crippen LogP contribution >= 0.6 is 0 Å². The molecule has 0 spiro atoms. The largest absolute Gasteiger partial charge is 0.504 e. The molecule has 0 saturated heterocycles. The van der Waals surface area contributed by atoms with Crippen LogP contribution in [-0.4, -0.2) is 29.4 Å². The van der Waals surface area contributed by atoms with Gasteiger partial charge in [0.05, 0.1) is 19.6 Å². The Balaban J connectivity index is 2.17. The van der Waals surface area contributed by atoms with Gasteiger partial charge in [-0.1, -0.05) is 0 Å². The van der Waals surface area contributed by atoms with Crippen molar-refractivity contribution in [2.45, 2.75) is 38.1 Å². The lowest BCUT2D eigenvalue weighted by Crippen LogP contribution is -2.23. The third kappa shape index (κ3) is 2.40. The Kier molecular flexibility index (Phi) is 3.63. The number of phenolic OH excluding ortho intramolecular Hbond substituents is 1. The maximum absolute atomic E-state index is 11.0. The number of ether oxygens (including phenoxy) is 2. The first kappa shape index (κ1) is 14.0. The van der Waals surface area contributed by atoms with Gasteiger partial charge in [0, 0.05) is 22.7 Å². The third-order valence-electron chi connectivity index (χ3n) is 4.02. The zero-order valence-electron chi connectivity index (χ0n) is 11.7. The second-order valence-corrected chi connectivity index (χ2v) is 5.49. The molecule has 2 aliphatic heterocycles. The van der Waals surface area contributed by atoms with E-state index in [1.807, 2.05) is 0 Å². The van der Waals surface area contributed by atoms with Crippen LogP contribution in [0.25, 0.3) is 0 Å². The first-order chi connectivity index (χ1) is 10.1. The van der Waals surface area contributed by atoms with E-state index in [2.05, 4.69) is 0 Å². The molecule has 3 rings (SSSR count). The standard InChI is InChI=1S/C15H19NO5/c16-10(7-11(17)18)12-8-3-1-6-21-15(8)13(19)9-4-2-5-20-14(9)12/h10,19H,1-7,16H2,(H,17,18). The summed E-state index contributed by atoms with van der Waals surface area (Å²) < 4.78 is 11.3. The minimum Gasteiger partial charge on any atom is -0.504 e. The molecule has 2 aliphatic rings. The Bertz CT molecular complexity index is 547. The number of rotatable bonds is 3. The first-order valence-electron chi connectivity index (χ1n) is 7.23. The number of carboxylic acids is 1. The van der Waals surface area contributed by atoms with Crippen LogP contribution in [0.5, 0.6) is 17.2 Å². The van der Waals surface area contributed by atoms with Crippen molar-refractivity contribution in [1.29, 1.82) is 0 Å². The number of hydrogen-bond donors (Lipinski definition) is 3. The Morgan fingerprint density at radius 1 is 1.14 bits per heavy atom. The fourth-order valence-corrected chi connectivity index (χ4v) is 3.14. The van der Waals surface area contributed by atoms with Gasteiger partial charge in [-0.15, -0.1) is 0 Å². The van der Waals surface area contributed by atoms with Gasteiger partial charge in [-0.25, -0.2) is 0 Å². The van der Waals surface area contributed by atoms with E-state index in [9.17, 15) is 9.90 Å². The molecule has 1 unspecified atom stereocenters. The van der Waals surface area contributed by atoms with Crippen LogP contribution in [0, 0.1) is 0 Å². The van der Waals surface area contributed by atoms with Crippen molar-refractivity contribution in [3.8, 4) is 17.2 Å². The number of carboxylic acid groups (broad SMARTS) is 1. The molecule has 0 aromatic heterocycles. The predicted octanol–water partition coefficient (Wildman–Crippen LogP) is 1.52. The molecule has 0 amide bonds. The normalized spacial score (nSPS) is 18.0. The summed E-state index contributed by atoms with van der Waals surface area (Å²) in [6, 6.07) is -0.662. The molecule has 6 heteroatoms. The van der Waals surface area contributed by atoms with E-state index in [0.717, 1.165) is 18.4 Å². The monoisotopic (exact) mass is 293 g/mol. The molecule has 0 fully saturated rings. The predicted molar refractivity (Wildman–Crippen MR) is 74.9 cm³/mol. The summed E-state index contributed by atoms with van der Waals surface area (Å²) in [4.78, 5) is 11.0. The molecule has 0 aliphatic carbocycles. The van der Waals surface area contributed by atoms with Gasteiger partial charge in [-0.05, 0) is 25.7 Å². The van der Waals surface area contributed by atoms with Crippen LogP contribution in [-0.2, 0) is 17.6 Å². The fraction of sp³-hybridized carbons (Fsp3) is 0.533. The van der Waals surface area contributed by atoms with Gasteiger partial charge in [0.15, 0.2) is 11.5 Å². The van der Waals surface area contributed by atoms with E-state index >= 15 is 0 Å².